The lowest BCUT2D eigenvalue weighted by Gasteiger charge is -2.22. The first-order chi connectivity index (χ1) is 9.61. The van der Waals surface area contributed by atoms with Gasteiger partial charge in [-0.25, -0.2) is 0 Å². The van der Waals surface area contributed by atoms with Crippen molar-refractivity contribution >= 4 is 0 Å². The molecule has 0 spiro atoms. The molecule has 0 amide bonds. The van der Waals surface area contributed by atoms with Gasteiger partial charge < -0.3 is 14.9 Å². The van der Waals surface area contributed by atoms with Crippen LogP contribution in [0.2, 0.25) is 0 Å². The van der Waals surface area contributed by atoms with E-state index < -0.39 is 0 Å². The second-order valence-corrected chi connectivity index (χ2v) is 5.35. The molecular formula is C17H23NO2. The summed E-state index contributed by atoms with van der Waals surface area (Å²) < 4.78 is 11.5. The molecule has 3 nitrogen and oxygen atoms in total. The van der Waals surface area contributed by atoms with Gasteiger partial charge in [-0.2, -0.15) is 0 Å². The Kier molecular flexibility index (Phi) is 4.85. The van der Waals surface area contributed by atoms with E-state index in [1.54, 1.807) is 6.26 Å². The van der Waals surface area contributed by atoms with E-state index in [0.29, 0.717) is 5.92 Å². The van der Waals surface area contributed by atoms with Gasteiger partial charge in [0.2, 0.25) is 0 Å². The van der Waals surface area contributed by atoms with Crippen molar-refractivity contribution in [2.24, 2.45) is 5.73 Å². The molecule has 0 fully saturated rings. The van der Waals surface area contributed by atoms with E-state index in [9.17, 15) is 0 Å². The Morgan fingerprint density at radius 3 is 2.35 bits per heavy atom. The lowest BCUT2D eigenvalue weighted by molar-refractivity contribution is 0.144. The Bertz CT molecular complexity index is 502. The molecule has 108 valence electrons. The largest absolute Gasteiger partial charge is 0.481 e. The Morgan fingerprint density at radius 2 is 1.85 bits per heavy atom. The average Bonchev–Trinajstić information content (AvgIpc) is 2.98. The fourth-order valence-corrected chi connectivity index (χ4v) is 2.10. The predicted molar refractivity (Wildman–Crippen MR) is 80.9 cm³/mol. The Hall–Kier alpha value is -1.74. The Balaban J connectivity index is 2.15. The third-order valence-corrected chi connectivity index (χ3v) is 3.49. The highest BCUT2D eigenvalue weighted by molar-refractivity contribution is 5.29. The van der Waals surface area contributed by atoms with Crippen LogP contribution in [0.25, 0.3) is 0 Å². The van der Waals surface area contributed by atoms with Crippen LogP contribution in [0, 0.1) is 0 Å². The summed E-state index contributed by atoms with van der Waals surface area (Å²) in [5.74, 6) is 2.11. The molecule has 2 atom stereocenters. The third-order valence-electron chi connectivity index (χ3n) is 3.49. The number of ether oxygens (including phenoxy) is 1. The summed E-state index contributed by atoms with van der Waals surface area (Å²) in [4.78, 5) is 0. The lowest BCUT2D eigenvalue weighted by atomic mass is 10.0. The summed E-state index contributed by atoms with van der Waals surface area (Å²) in [6, 6.07) is 11.8. The van der Waals surface area contributed by atoms with E-state index in [-0.39, 0.29) is 12.1 Å². The molecule has 20 heavy (non-hydrogen) atoms. The van der Waals surface area contributed by atoms with Crippen LogP contribution in [0.5, 0.6) is 5.75 Å². The maximum atomic E-state index is 6.15. The van der Waals surface area contributed by atoms with E-state index in [1.165, 1.54) is 5.56 Å². The summed E-state index contributed by atoms with van der Waals surface area (Å²) in [6.07, 6.45) is 2.23. The molecule has 1 aromatic heterocycles. The lowest BCUT2D eigenvalue weighted by Crippen LogP contribution is -2.31. The molecule has 0 aliphatic carbocycles. The molecule has 2 rings (SSSR count). The van der Waals surface area contributed by atoms with Gasteiger partial charge in [-0.15, -0.1) is 0 Å². The molecule has 0 saturated heterocycles. The molecule has 0 saturated carbocycles. The van der Waals surface area contributed by atoms with Crippen molar-refractivity contribution < 1.29 is 9.15 Å². The summed E-state index contributed by atoms with van der Waals surface area (Å²) in [5, 5.41) is 0. The molecule has 2 unspecified atom stereocenters. The van der Waals surface area contributed by atoms with Gasteiger partial charge in [0.25, 0.3) is 0 Å². The van der Waals surface area contributed by atoms with Gasteiger partial charge in [-0.05, 0) is 42.2 Å². The Morgan fingerprint density at radius 1 is 1.15 bits per heavy atom. The van der Waals surface area contributed by atoms with Crippen LogP contribution >= 0.6 is 0 Å². The minimum absolute atomic E-state index is 0.0917. The van der Waals surface area contributed by atoms with E-state index in [0.717, 1.165) is 17.9 Å². The molecule has 1 heterocycles. The van der Waals surface area contributed by atoms with Crippen LogP contribution in [0.3, 0.4) is 0 Å². The zero-order valence-corrected chi connectivity index (χ0v) is 12.4. The zero-order chi connectivity index (χ0) is 14.5. The topological polar surface area (TPSA) is 48.4 Å². The summed E-state index contributed by atoms with van der Waals surface area (Å²) in [6.45, 7) is 6.40. The van der Waals surface area contributed by atoms with E-state index in [4.69, 9.17) is 14.9 Å². The third kappa shape index (κ3) is 3.42. The number of furan rings is 1. The zero-order valence-electron chi connectivity index (χ0n) is 12.4. The van der Waals surface area contributed by atoms with Gasteiger partial charge >= 0.3 is 0 Å². The van der Waals surface area contributed by atoms with Crippen molar-refractivity contribution in [2.75, 3.05) is 0 Å². The van der Waals surface area contributed by atoms with Crippen molar-refractivity contribution in [2.45, 2.75) is 45.3 Å². The minimum atomic E-state index is -0.250. The molecule has 2 aromatic rings. The van der Waals surface area contributed by atoms with Gasteiger partial charge in [-0.3, -0.25) is 0 Å². The number of rotatable bonds is 6. The van der Waals surface area contributed by atoms with Crippen molar-refractivity contribution in [3.8, 4) is 5.75 Å². The average molecular weight is 273 g/mol. The molecule has 0 bridgehead atoms. The normalized spacial score (nSPS) is 14.2. The smallest absolute Gasteiger partial charge is 0.171 e. The first-order valence-electron chi connectivity index (χ1n) is 7.17. The highest BCUT2D eigenvalue weighted by atomic mass is 16.5. The fraction of sp³-hybridized carbons (Fsp3) is 0.412. The van der Waals surface area contributed by atoms with Crippen LogP contribution in [0.1, 0.15) is 50.5 Å². The van der Waals surface area contributed by atoms with Gasteiger partial charge in [0, 0.05) is 6.04 Å². The van der Waals surface area contributed by atoms with Crippen LogP contribution in [-0.4, -0.2) is 6.04 Å². The summed E-state index contributed by atoms with van der Waals surface area (Å²) in [5.41, 5.74) is 7.45. The van der Waals surface area contributed by atoms with Crippen molar-refractivity contribution in [3.63, 3.8) is 0 Å². The highest BCUT2D eigenvalue weighted by Gasteiger charge is 2.23. The quantitative estimate of drug-likeness (QED) is 0.855. The number of benzene rings is 1. The van der Waals surface area contributed by atoms with Gasteiger partial charge in [0.05, 0.1) is 6.26 Å². The SMILES string of the molecule is CCC(N)C(Oc1ccc(C(C)C)cc1)c1ccco1. The second-order valence-electron chi connectivity index (χ2n) is 5.35. The first kappa shape index (κ1) is 14.7. The van der Waals surface area contributed by atoms with Gasteiger partial charge in [-0.1, -0.05) is 32.9 Å². The van der Waals surface area contributed by atoms with Crippen LogP contribution in [-0.2, 0) is 0 Å². The molecule has 0 aliphatic rings. The Labute approximate surface area is 120 Å². The van der Waals surface area contributed by atoms with Gasteiger partial charge in [0.1, 0.15) is 11.5 Å². The predicted octanol–water partition coefficient (Wildman–Crippen LogP) is 4.26. The number of nitrogens with two attached hydrogens (primary N) is 1. The van der Waals surface area contributed by atoms with E-state index >= 15 is 0 Å². The van der Waals surface area contributed by atoms with Crippen LogP contribution in [0.15, 0.2) is 47.1 Å². The summed E-state index contributed by atoms with van der Waals surface area (Å²) in [7, 11) is 0. The molecule has 2 N–H and O–H groups in total. The summed E-state index contributed by atoms with van der Waals surface area (Å²) >= 11 is 0. The van der Waals surface area contributed by atoms with Crippen LogP contribution < -0.4 is 10.5 Å². The number of hydrogen-bond acceptors (Lipinski definition) is 3. The van der Waals surface area contributed by atoms with Crippen LogP contribution in [0.4, 0.5) is 0 Å². The molecule has 3 heteroatoms. The van der Waals surface area contributed by atoms with Gasteiger partial charge in [0.15, 0.2) is 6.10 Å². The number of hydrogen-bond donors (Lipinski definition) is 1. The second kappa shape index (κ2) is 6.62. The fourth-order valence-electron chi connectivity index (χ4n) is 2.10. The molecule has 1 aromatic carbocycles. The first-order valence-corrected chi connectivity index (χ1v) is 7.17. The van der Waals surface area contributed by atoms with Crippen molar-refractivity contribution in [1.29, 1.82) is 0 Å². The molecular weight excluding hydrogens is 250 g/mol. The highest BCUT2D eigenvalue weighted by Crippen LogP contribution is 2.27. The maximum Gasteiger partial charge on any atom is 0.171 e. The van der Waals surface area contributed by atoms with Crippen molar-refractivity contribution in [3.05, 3.63) is 54.0 Å². The van der Waals surface area contributed by atoms with E-state index in [1.807, 2.05) is 31.2 Å². The molecule has 0 radical (unpaired) electrons. The minimum Gasteiger partial charge on any atom is -0.481 e. The van der Waals surface area contributed by atoms with E-state index in [2.05, 4.69) is 26.0 Å². The van der Waals surface area contributed by atoms with Crippen molar-refractivity contribution in [1.82, 2.24) is 0 Å². The molecule has 0 aliphatic heterocycles. The monoisotopic (exact) mass is 273 g/mol. The maximum absolute atomic E-state index is 6.15. The standard InChI is InChI=1S/C17H23NO2/c1-4-15(18)17(16-6-5-11-19-16)20-14-9-7-13(8-10-14)12(2)3/h5-12,15,17H,4,18H2,1-3H3.